The Morgan fingerprint density at radius 3 is 2.00 bits per heavy atom. The molecule has 1 fully saturated rings. The normalized spacial score (nSPS) is 26.2. The van der Waals surface area contributed by atoms with Crippen molar-refractivity contribution in [1.29, 1.82) is 5.26 Å². The number of hydrogen-bond donors (Lipinski definition) is 0. The van der Waals surface area contributed by atoms with Crippen LogP contribution >= 0.6 is 0 Å². The highest BCUT2D eigenvalue weighted by atomic mass is 14.4. The molecule has 0 unspecified atom stereocenters. The van der Waals surface area contributed by atoms with Crippen LogP contribution < -0.4 is 0 Å². The Labute approximate surface area is 75.8 Å². The fourth-order valence-corrected chi connectivity index (χ4v) is 1.95. The standard InChI is InChI=1S/C11H19N/c1-4-11(9-12)7-5-10(2,3)6-8-11/h4-8H2,1-3H3. The zero-order chi connectivity index (χ0) is 9.24. The number of nitrogens with zero attached hydrogens (tertiary/aromatic N) is 1. The molecule has 0 radical (unpaired) electrons. The van der Waals surface area contributed by atoms with Gasteiger partial charge in [0.1, 0.15) is 0 Å². The van der Waals surface area contributed by atoms with E-state index < -0.39 is 0 Å². The highest BCUT2D eigenvalue weighted by Gasteiger charge is 2.36. The molecule has 12 heavy (non-hydrogen) atoms. The van der Waals surface area contributed by atoms with Gasteiger partial charge in [-0.2, -0.15) is 5.26 Å². The predicted octanol–water partition coefficient (Wildman–Crippen LogP) is 3.51. The Bertz CT molecular complexity index is 188. The van der Waals surface area contributed by atoms with Crippen molar-refractivity contribution in [2.75, 3.05) is 0 Å². The first-order chi connectivity index (χ1) is 5.54. The lowest BCUT2D eigenvalue weighted by atomic mass is 9.65. The molecule has 0 aromatic carbocycles. The third kappa shape index (κ3) is 1.80. The largest absolute Gasteiger partial charge is 0.198 e. The quantitative estimate of drug-likeness (QED) is 0.583. The first kappa shape index (κ1) is 9.58. The average molecular weight is 165 g/mol. The van der Waals surface area contributed by atoms with Crippen molar-refractivity contribution in [2.45, 2.75) is 52.9 Å². The van der Waals surface area contributed by atoms with Crippen LogP contribution in [0.4, 0.5) is 0 Å². The molecule has 0 aromatic rings. The maximum Gasteiger partial charge on any atom is 0.0689 e. The summed E-state index contributed by atoms with van der Waals surface area (Å²) in [6.07, 6.45) is 5.67. The molecule has 1 heteroatoms. The van der Waals surface area contributed by atoms with Gasteiger partial charge in [0, 0.05) is 0 Å². The SMILES string of the molecule is CCC1(C#N)CCC(C)(C)CC1. The van der Waals surface area contributed by atoms with Gasteiger partial charge in [0.25, 0.3) is 0 Å². The zero-order valence-electron chi connectivity index (χ0n) is 8.48. The van der Waals surface area contributed by atoms with Crippen molar-refractivity contribution in [3.8, 4) is 6.07 Å². The summed E-state index contributed by atoms with van der Waals surface area (Å²) in [6, 6.07) is 2.50. The van der Waals surface area contributed by atoms with Gasteiger partial charge < -0.3 is 0 Å². The topological polar surface area (TPSA) is 23.8 Å². The second-order valence-electron chi connectivity index (χ2n) is 4.91. The van der Waals surface area contributed by atoms with Crippen LogP contribution in [-0.4, -0.2) is 0 Å². The Morgan fingerprint density at radius 2 is 1.67 bits per heavy atom. The van der Waals surface area contributed by atoms with Gasteiger partial charge in [-0.15, -0.1) is 0 Å². The van der Waals surface area contributed by atoms with Crippen molar-refractivity contribution in [3.63, 3.8) is 0 Å². The van der Waals surface area contributed by atoms with E-state index in [9.17, 15) is 0 Å². The van der Waals surface area contributed by atoms with Crippen molar-refractivity contribution >= 4 is 0 Å². The first-order valence-corrected chi connectivity index (χ1v) is 4.95. The zero-order valence-corrected chi connectivity index (χ0v) is 8.48. The lowest BCUT2D eigenvalue weighted by Gasteiger charge is -2.38. The van der Waals surface area contributed by atoms with E-state index in [1.807, 2.05) is 0 Å². The molecule has 0 spiro atoms. The number of rotatable bonds is 1. The fraction of sp³-hybridized carbons (Fsp3) is 0.909. The first-order valence-electron chi connectivity index (χ1n) is 4.95. The minimum Gasteiger partial charge on any atom is -0.198 e. The monoisotopic (exact) mass is 165 g/mol. The van der Waals surface area contributed by atoms with E-state index in [2.05, 4.69) is 26.8 Å². The van der Waals surface area contributed by atoms with Crippen molar-refractivity contribution < 1.29 is 0 Å². The Kier molecular flexibility index (Phi) is 2.46. The van der Waals surface area contributed by atoms with E-state index in [1.54, 1.807) is 0 Å². The molecular weight excluding hydrogens is 146 g/mol. The van der Waals surface area contributed by atoms with Crippen LogP contribution in [0.15, 0.2) is 0 Å². The maximum absolute atomic E-state index is 9.06. The van der Waals surface area contributed by atoms with Crippen LogP contribution in [0.3, 0.4) is 0 Å². The molecule has 1 rings (SSSR count). The van der Waals surface area contributed by atoms with Gasteiger partial charge in [-0.1, -0.05) is 20.8 Å². The number of nitriles is 1. The minimum atomic E-state index is 0.0233. The van der Waals surface area contributed by atoms with Crippen LogP contribution in [0.25, 0.3) is 0 Å². The van der Waals surface area contributed by atoms with Crippen LogP contribution in [0.5, 0.6) is 0 Å². The summed E-state index contributed by atoms with van der Waals surface area (Å²) in [5, 5.41) is 9.06. The highest BCUT2D eigenvalue weighted by molar-refractivity contribution is 5.02. The predicted molar refractivity (Wildman–Crippen MR) is 50.6 cm³/mol. The van der Waals surface area contributed by atoms with Gasteiger partial charge in [0.15, 0.2) is 0 Å². The molecule has 1 aliphatic rings. The maximum atomic E-state index is 9.06. The second-order valence-corrected chi connectivity index (χ2v) is 4.91. The molecule has 1 aliphatic carbocycles. The van der Waals surface area contributed by atoms with Gasteiger partial charge in [-0.05, 0) is 37.5 Å². The molecule has 0 aliphatic heterocycles. The average Bonchev–Trinajstić information content (AvgIpc) is 2.06. The molecule has 0 amide bonds. The summed E-state index contributed by atoms with van der Waals surface area (Å²) in [7, 11) is 0. The van der Waals surface area contributed by atoms with E-state index in [1.165, 1.54) is 12.8 Å². The van der Waals surface area contributed by atoms with Crippen molar-refractivity contribution in [3.05, 3.63) is 0 Å². The van der Waals surface area contributed by atoms with Gasteiger partial charge in [0.2, 0.25) is 0 Å². The third-order valence-electron chi connectivity index (χ3n) is 3.47. The number of hydrogen-bond acceptors (Lipinski definition) is 1. The molecule has 68 valence electrons. The van der Waals surface area contributed by atoms with Gasteiger partial charge in [-0.3, -0.25) is 0 Å². The Morgan fingerprint density at radius 1 is 1.17 bits per heavy atom. The van der Waals surface area contributed by atoms with Crippen LogP contribution in [-0.2, 0) is 0 Å². The molecule has 0 N–H and O–H groups in total. The van der Waals surface area contributed by atoms with E-state index >= 15 is 0 Å². The summed E-state index contributed by atoms with van der Waals surface area (Å²) >= 11 is 0. The van der Waals surface area contributed by atoms with Gasteiger partial charge in [-0.25, -0.2) is 0 Å². The van der Waals surface area contributed by atoms with Crippen LogP contribution in [0.2, 0.25) is 0 Å². The Hall–Kier alpha value is -0.510. The molecular formula is C11H19N. The second kappa shape index (κ2) is 3.09. The fourth-order valence-electron chi connectivity index (χ4n) is 1.95. The molecule has 0 heterocycles. The van der Waals surface area contributed by atoms with Crippen molar-refractivity contribution in [1.82, 2.24) is 0 Å². The van der Waals surface area contributed by atoms with Crippen LogP contribution in [0.1, 0.15) is 52.9 Å². The summed E-state index contributed by atoms with van der Waals surface area (Å²) in [6.45, 7) is 6.76. The third-order valence-corrected chi connectivity index (χ3v) is 3.47. The molecule has 1 saturated carbocycles. The molecule has 0 bridgehead atoms. The molecule has 0 aromatic heterocycles. The van der Waals surface area contributed by atoms with Crippen molar-refractivity contribution in [2.24, 2.45) is 10.8 Å². The summed E-state index contributed by atoms with van der Waals surface area (Å²) in [4.78, 5) is 0. The summed E-state index contributed by atoms with van der Waals surface area (Å²) < 4.78 is 0. The minimum absolute atomic E-state index is 0.0233. The van der Waals surface area contributed by atoms with E-state index in [-0.39, 0.29) is 5.41 Å². The highest BCUT2D eigenvalue weighted by Crippen LogP contribution is 2.46. The van der Waals surface area contributed by atoms with Crippen LogP contribution in [0, 0.1) is 22.2 Å². The van der Waals surface area contributed by atoms with E-state index in [0.29, 0.717) is 5.41 Å². The summed E-state index contributed by atoms with van der Waals surface area (Å²) in [5.41, 5.74) is 0.505. The molecule has 0 saturated heterocycles. The van der Waals surface area contributed by atoms with Gasteiger partial charge in [0.05, 0.1) is 11.5 Å². The molecule has 1 nitrogen and oxygen atoms in total. The van der Waals surface area contributed by atoms with E-state index in [4.69, 9.17) is 5.26 Å². The van der Waals surface area contributed by atoms with E-state index in [0.717, 1.165) is 19.3 Å². The lowest BCUT2D eigenvalue weighted by molar-refractivity contribution is 0.142. The van der Waals surface area contributed by atoms with Gasteiger partial charge >= 0.3 is 0 Å². The molecule has 0 atom stereocenters. The lowest BCUT2D eigenvalue weighted by Crippen LogP contribution is -2.29. The smallest absolute Gasteiger partial charge is 0.0689 e. The summed E-state index contributed by atoms with van der Waals surface area (Å²) in [5.74, 6) is 0. The Balaban J connectivity index is 2.61.